The maximum absolute atomic E-state index is 13.6. The highest BCUT2D eigenvalue weighted by Gasteiger charge is 2.52. The summed E-state index contributed by atoms with van der Waals surface area (Å²) in [7, 11) is 1.57. The summed E-state index contributed by atoms with van der Waals surface area (Å²) in [5.74, 6) is -0.206. The highest BCUT2D eigenvalue weighted by Crippen LogP contribution is 2.39. The number of hydrogen-bond donors (Lipinski definition) is 0. The number of carbonyl (C=O) groups excluding carboxylic acids is 2. The second kappa shape index (κ2) is 8.44. The Balaban J connectivity index is 1.90. The summed E-state index contributed by atoms with van der Waals surface area (Å²) < 4.78 is 10.9. The van der Waals surface area contributed by atoms with Gasteiger partial charge >= 0.3 is 5.97 Å². The number of hydrazone groups is 1. The molecule has 0 aliphatic carbocycles. The van der Waals surface area contributed by atoms with Crippen LogP contribution in [-0.4, -0.2) is 29.9 Å². The molecule has 6 heteroatoms. The molecule has 0 saturated carbocycles. The minimum absolute atomic E-state index is 0.0902. The molecule has 1 atom stereocenters. The van der Waals surface area contributed by atoms with Crippen LogP contribution in [0.2, 0.25) is 0 Å². The predicted octanol–water partition coefficient (Wildman–Crippen LogP) is 4.36. The van der Waals surface area contributed by atoms with E-state index in [0.29, 0.717) is 22.4 Å². The summed E-state index contributed by atoms with van der Waals surface area (Å²) in [5.41, 5.74) is 0.235. The van der Waals surface area contributed by atoms with E-state index >= 15 is 0 Å². The summed E-state index contributed by atoms with van der Waals surface area (Å²) in [6, 6.07) is 24.9. The van der Waals surface area contributed by atoms with Gasteiger partial charge in [-0.2, -0.15) is 0 Å². The Labute approximate surface area is 180 Å². The molecule has 1 heterocycles. The molecule has 0 radical (unpaired) electrons. The van der Waals surface area contributed by atoms with Crippen LogP contribution in [0.1, 0.15) is 34.8 Å². The fourth-order valence-corrected chi connectivity index (χ4v) is 3.68. The van der Waals surface area contributed by atoms with Gasteiger partial charge in [0.05, 0.1) is 7.11 Å². The molecule has 0 saturated heterocycles. The van der Waals surface area contributed by atoms with Gasteiger partial charge in [0.25, 0.3) is 5.91 Å². The summed E-state index contributed by atoms with van der Waals surface area (Å²) in [6.07, 6.45) is 0.280. The Bertz CT molecular complexity index is 1110. The topological polar surface area (TPSA) is 68.2 Å². The number of methoxy groups -OCH3 is 1. The van der Waals surface area contributed by atoms with Crippen molar-refractivity contribution in [3.05, 3.63) is 102 Å². The van der Waals surface area contributed by atoms with E-state index in [4.69, 9.17) is 9.47 Å². The van der Waals surface area contributed by atoms with Crippen LogP contribution in [0.3, 0.4) is 0 Å². The van der Waals surface area contributed by atoms with Gasteiger partial charge < -0.3 is 9.47 Å². The van der Waals surface area contributed by atoms with Crippen LogP contribution in [0.15, 0.2) is 90.0 Å². The lowest BCUT2D eigenvalue weighted by Gasteiger charge is -2.41. The van der Waals surface area contributed by atoms with E-state index in [-0.39, 0.29) is 18.2 Å². The second-order valence-electron chi connectivity index (χ2n) is 7.09. The minimum atomic E-state index is -1.41. The Morgan fingerprint density at radius 3 is 2.16 bits per heavy atom. The van der Waals surface area contributed by atoms with E-state index in [9.17, 15) is 9.59 Å². The van der Waals surface area contributed by atoms with Crippen molar-refractivity contribution in [3.8, 4) is 5.75 Å². The van der Waals surface area contributed by atoms with E-state index in [1.807, 2.05) is 31.2 Å². The molecule has 31 heavy (non-hydrogen) atoms. The second-order valence-corrected chi connectivity index (χ2v) is 7.09. The van der Waals surface area contributed by atoms with Crippen molar-refractivity contribution >= 4 is 17.8 Å². The van der Waals surface area contributed by atoms with Crippen LogP contribution in [0.4, 0.5) is 0 Å². The van der Waals surface area contributed by atoms with E-state index in [0.717, 1.165) is 0 Å². The van der Waals surface area contributed by atoms with Crippen molar-refractivity contribution in [3.63, 3.8) is 0 Å². The SMILES string of the molecule is CC[C@@]1(c2ccc(OC)cc2)C(=O)OC(c2ccccc2)=NN1C(=O)c1ccccc1. The van der Waals surface area contributed by atoms with Crippen molar-refractivity contribution < 1.29 is 19.1 Å². The molecule has 3 aromatic rings. The standard InChI is InChI=1S/C25H22N2O4/c1-3-25(20-14-16-21(30-2)17-15-20)24(29)31-22(18-10-6-4-7-11-18)26-27(25)23(28)19-12-8-5-9-13-19/h4-17H,3H2,1-2H3/t25-/m1/s1. The van der Waals surface area contributed by atoms with Crippen LogP contribution in [-0.2, 0) is 15.1 Å². The summed E-state index contributed by atoms with van der Waals surface area (Å²) >= 11 is 0. The number of hydrogen-bond acceptors (Lipinski definition) is 5. The molecule has 1 aliphatic rings. The molecule has 0 N–H and O–H groups in total. The molecular formula is C25H22N2O4. The van der Waals surface area contributed by atoms with E-state index in [1.54, 1.807) is 67.8 Å². The van der Waals surface area contributed by atoms with Crippen molar-refractivity contribution in [2.24, 2.45) is 5.10 Å². The molecule has 0 aromatic heterocycles. The summed E-state index contributed by atoms with van der Waals surface area (Å²) in [5, 5.41) is 5.81. The van der Waals surface area contributed by atoms with Gasteiger partial charge in [-0.05, 0) is 48.4 Å². The Morgan fingerprint density at radius 2 is 1.58 bits per heavy atom. The molecule has 6 nitrogen and oxygen atoms in total. The third-order valence-corrected chi connectivity index (χ3v) is 5.39. The lowest BCUT2D eigenvalue weighted by molar-refractivity contribution is -0.152. The summed E-state index contributed by atoms with van der Waals surface area (Å²) in [4.78, 5) is 27.1. The van der Waals surface area contributed by atoms with Crippen LogP contribution >= 0.6 is 0 Å². The minimum Gasteiger partial charge on any atom is -0.497 e. The highest BCUT2D eigenvalue weighted by atomic mass is 16.6. The third-order valence-electron chi connectivity index (χ3n) is 5.39. The lowest BCUT2D eigenvalue weighted by Crippen LogP contribution is -2.56. The van der Waals surface area contributed by atoms with E-state index in [2.05, 4.69) is 5.10 Å². The number of carbonyl (C=O) groups is 2. The number of nitrogens with zero attached hydrogens (tertiary/aromatic N) is 2. The molecule has 1 amide bonds. The zero-order chi connectivity index (χ0) is 21.8. The zero-order valence-corrected chi connectivity index (χ0v) is 17.3. The van der Waals surface area contributed by atoms with Gasteiger partial charge in [-0.1, -0.05) is 55.5 Å². The monoisotopic (exact) mass is 414 g/mol. The van der Waals surface area contributed by atoms with Gasteiger partial charge in [-0.15, -0.1) is 5.10 Å². The number of rotatable bonds is 5. The van der Waals surface area contributed by atoms with Gasteiger partial charge in [-0.3, -0.25) is 4.79 Å². The summed E-state index contributed by atoms with van der Waals surface area (Å²) in [6.45, 7) is 1.83. The van der Waals surface area contributed by atoms with Gasteiger partial charge in [-0.25, -0.2) is 9.80 Å². The maximum atomic E-state index is 13.6. The smallest absolute Gasteiger partial charge is 0.345 e. The fourth-order valence-electron chi connectivity index (χ4n) is 3.68. The molecule has 4 rings (SSSR count). The highest BCUT2D eigenvalue weighted by molar-refractivity contribution is 6.08. The number of amides is 1. The van der Waals surface area contributed by atoms with Gasteiger partial charge in [0.15, 0.2) is 5.54 Å². The predicted molar refractivity (Wildman–Crippen MR) is 117 cm³/mol. The Morgan fingerprint density at radius 1 is 0.968 bits per heavy atom. The van der Waals surface area contributed by atoms with Gasteiger partial charge in [0.1, 0.15) is 5.75 Å². The number of cyclic esters (lactones) is 1. The molecule has 0 fully saturated rings. The van der Waals surface area contributed by atoms with Gasteiger partial charge in [0.2, 0.25) is 5.90 Å². The average molecular weight is 414 g/mol. The van der Waals surface area contributed by atoms with Crippen LogP contribution in [0, 0.1) is 0 Å². The van der Waals surface area contributed by atoms with Crippen molar-refractivity contribution in [2.75, 3.05) is 7.11 Å². The van der Waals surface area contributed by atoms with Crippen molar-refractivity contribution in [1.82, 2.24) is 5.01 Å². The van der Waals surface area contributed by atoms with Crippen molar-refractivity contribution in [2.45, 2.75) is 18.9 Å². The number of ether oxygens (including phenoxy) is 2. The molecular weight excluding hydrogens is 392 g/mol. The van der Waals surface area contributed by atoms with Crippen LogP contribution < -0.4 is 4.74 Å². The number of esters is 1. The quantitative estimate of drug-likeness (QED) is 0.582. The number of benzene rings is 3. The van der Waals surface area contributed by atoms with E-state index in [1.165, 1.54) is 5.01 Å². The molecule has 0 unspecified atom stereocenters. The lowest BCUT2D eigenvalue weighted by atomic mass is 9.85. The molecule has 156 valence electrons. The van der Waals surface area contributed by atoms with Crippen LogP contribution in [0.5, 0.6) is 5.75 Å². The van der Waals surface area contributed by atoms with Gasteiger partial charge in [0, 0.05) is 11.1 Å². The largest absolute Gasteiger partial charge is 0.497 e. The average Bonchev–Trinajstić information content (AvgIpc) is 2.84. The normalized spacial score (nSPS) is 18.2. The van der Waals surface area contributed by atoms with Crippen LogP contribution in [0.25, 0.3) is 0 Å². The Kier molecular flexibility index (Phi) is 5.54. The maximum Gasteiger partial charge on any atom is 0.345 e. The zero-order valence-electron chi connectivity index (χ0n) is 17.3. The van der Waals surface area contributed by atoms with E-state index < -0.39 is 11.5 Å². The molecule has 3 aromatic carbocycles. The first-order chi connectivity index (χ1) is 15.1. The van der Waals surface area contributed by atoms with Crippen molar-refractivity contribution in [1.29, 1.82) is 0 Å². The third kappa shape index (κ3) is 3.57. The first kappa shape index (κ1) is 20.3. The molecule has 0 spiro atoms. The first-order valence-corrected chi connectivity index (χ1v) is 10.0. The molecule has 1 aliphatic heterocycles. The Hall–Kier alpha value is -3.93. The first-order valence-electron chi connectivity index (χ1n) is 10.0. The molecule has 0 bridgehead atoms. The fraction of sp³-hybridized carbons (Fsp3) is 0.160.